The Morgan fingerprint density at radius 3 is 2.89 bits per heavy atom. The fourth-order valence-corrected chi connectivity index (χ4v) is 3.38. The summed E-state index contributed by atoms with van der Waals surface area (Å²) < 4.78 is 22.6. The third-order valence-corrected chi connectivity index (χ3v) is 4.25. The lowest BCUT2D eigenvalue weighted by Gasteiger charge is -2.17. The van der Waals surface area contributed by atoms with Crippen LogP contribution in [-0.2, 0) is 14.8 Å². The molecule has 1 amide bonds. The van der Waals surface area contributed by atoms with E-state index in [0.717, 1.165) is 0 Å². The average molecular weight is 334 g/mol. The van der Waals surface area contributed by atoms with Crippen LogP contribution in [0.3, 0.4) is 0 Å². The predicted octanol–water partition coefficient (Wildman–Crippen LogP) is 0.486. The Morgan fingerprint density at radius 2 is 2.28 bits per heavy atom. The van der Waals surface area contributed by atoms with E-state index in [2.05, 4.69) is 20.9 Å². The molecule has 18 heavy (non-hydrogen) atoms. The summed E-state index contributed by atoms with van der Waals surface area (Å²) in [6.45, 7) is 0.347. The van der Waals surface area contributed by atoms with Crippen molar-refractivity contribution in [2.24, 2.45) is 11.1 Å². The zero-order valence-corrected chi connectivity index (χ0v) is 11.8. The highest BCUT2D eigenvalue weighted by Crippen LogP contribution is 2.30. The van der Waals surface area contributed by atoms with Gasteiger partial charge in [-0.2, -0.15) is 0 Å². The molecule has 2 N–H and O–H groups in total. The zero-order valence-electron chi connectivity index (χ0n) is 9.41. The molecule has 0 saturated carbocycles. The van der Waals surface area contributed by atoms with E-state index in [9.17, 15) is 13.2 Å². The molecule has 8 heteroatoms. The molecule has 2 rings (SSSR count). The van der Waals surface area contributed by atoms with E-state index in [4.69, 9.17) is 5.14 Å². The minimum atomic E-state index is -3.55. The number of hydrogen-bond donors (Lipinski definition) is 1. The molecule has 1 saturated heterocycles. The first-order valence-electron chi connectivity index (χ1n) is 5.28. The molecule has 6 nitrogen and oxygen atoms in total. The highest BCUT2D eigenvalue weighted by atomic mass is 79.9. The normalized spacial score (nSPS) is 20.4. The first-order chi connectivity index (χ1) is 8.37. The van der Waals surface area contributed by atoms with Crippen molar-refractivity contribution in [3.05, 3.63) is 22.9 Å². The lowest BCUT2D eigenvalue weighted by molar-refractivity contribution is -0.117. The Bertz CT molecular complexity index is 575. The SMILES string of the molecule is NS(=O)(=O)CC1CC(=O)N(c2cccnc2Br)C1. The minimum absolute atomic E-state index is 0.114. The summed E-state index contributed by atoms with van der Waals surface area (Å²) in [5.41, 5.74) is 0.652. The Kier molecular flexibility index (Phi) is 3.69. The van der Waals surface area contributed by atoms with Crippen LogP contribution in [0.1, 0.15) is 6.42 Å². The van der Waals surface area contributed by atoms with E-state index in [1.807, 2.05) is 0 Å². The maximum Gasteiger partial charge on any atom is 0.227 e. The van der Waals surface area contributed by atoms with Crippen LogP contribution in [0.2, 0.25) is 0 Å². The van der Waals surface area contributed by atoms with Gasteiger partial charge in [-0.25, -0.2) is 18.5 Å². The zero-order chi connectivity index (χ0) is 13.3. The summed E-state index contributed by atoms with van der Waals surface area (Å²) in [6.07, 6.45) is 1.80. The number of anilines is 1. The number of hydrogen-bond acceptors (Lipinski definition) is 4. The molecule has 1 aliphatic rings. The molecule has 0 bridgehead atoms. The topological polar surface area (TPSA) is 93.4 Å². The minimum Gasteiger partial charge on any atom is -0.310 e. The highest BCUT2D eigenvalue weighted by Gasteiger charge is 2.33. The van der Waals surface area contributed by atoms with Crippen LogP contribution in [0.5, 0.6) is 0 Å². The van der Waals surface area contributed by atoms with E-state index < -0.39 is 10.0 Å². The molecule has 1 aliphatic heterocycles. The van der Waals surface area contributed by atoms with Gasteiger partial charge in [-0.1, -0.05) is 0 Å². The molecule has 1 fully saturated rings. The largest absolute Gasteiger partial charge is 0.310 e. The molecule has 0 spiro atoms. The standard InChI is InChI=1S/C10H12BrN3O3S/c11-10-8(2-1-3-13-10)14-5-7(4-9(14)15)6-18(12,16)17/h1-3,7H,4-6H2,(H2,12,16,17). The molecule has 1 aromatic heterocycles. The second-order valence-corrected chi connectivity index (χ2v) is 6.63. The maximum atomic E-state index is 11.9. The summed E-state index contributed by atoms with van der Waals surface area (Å²) in [4.78, 5) is 17.4. The number of nitrogens with zero attached hydrogens (tertiary/aromatic N) is 2. The average Bonchev–Trinajstić information content (AvgIpc) is 2.57. The van der Waals surface area contributed by atoms with Crippen molar-refractivity contribution in [2.75, 3.05) is 17.2 Å². The van der Waals surface area contributed by atoms with Crippen LogP contribution in [0, 0.1) is 5.92 Å². The van der Waals surface area contributed by atoms with Gasteiger partial charge in [0.25, 0.3) is 0 Å². The van der Waals surface area contributed by atoms with E-state index in [-0.39, 0.29) is 24.0 Å². The predicted molar refractivity (Wildman–Crippen MR) is 70.4 cm³/mol. The van der Waals surface area contributed by atoms with Crippen molar-refractivity contribution in [3.8, 4) is 0 Å². The summed E-state index contributed by atoms with van der Waals surface area (Å²) in [5, 5.41) is 5.00. The molecule has 2 heterocycles. The van der Waals surface area contributed by atoms with Gasteiger partial charge in [0, 0.05) is 25.1 Å². The monoisotopic (exact) mass is 333 g/mol. The van der Waals surface area contributed by atoms with Crippen LogP contribution in [0.15, 0.2) is 22.9 Å². The van der Waals surface area contributed by atoms with Gasteiger partial charge in [-0.3, -0.25) is 4.79 Å². The fourth-order valence-electron chi connectivity index (χ4n) is 2.03. The van der Waals surface area contributed by atoms with Gasteiger partial charge in [0.05, 0.1) is 11.4 Å². The van der Waals surface area contributed by atoms with Crippen molar-refractivity contribution < 1.29 is 13.2 Å². The summed E-state index contributed by atoms with van der Waals surface area (Å²) >= 11 is 3.27. The second-order valence-electron chi connectivity index (χ2n) is 4.22. The summed E-state index contributed by atoms with van der Waals surface area (Å²) in [7, 11) is -3.55. The number of primary sulfonamides is 1. The van der Waals surface area contributed by atoms with E-state index in [1.165, 1.54) is 4.90 Å². The fraction of sp³-hybridized carbons (Fsp3) is 0.400. The van der Waals surface area contributed by atoms with Crippen LogP contribution in [0.4, 0.5) is 5.69 Å². The number of amides is 1. The Labute approximate surface area is 113 Å². The van der Waals surface area contributed by atoms with Gasteiger partial charge in [-0.15, -0.1) is 0 Å². The molecular weight excluding hydrogens is 322 g/mol. The van der Waals surface area contributed by atoms with Crippen LogP contribution >= 0.6 is 15.9 Å². The van der Waals surface area contributed by atoms with E-state index in [0.29, 0.717) is 16.8 Å². The smallest absolute Gasteiger partial charge is 0.227 e. The second kappa shape index (κ2) is 4.94. The Balaban J connectivity index is 2.18. The van der Waals surface area contributed by atoms with Gasteiger partial charge >= 0.3 is 0 Å². The number of aromatic nitrogens is 1. The molecule has 98 valence electrons. The van der Waals surface area contributed by atoms with Gasteiger partial charge in [0.15, 0.2) is 0 Å². The summed E-state index contributed by atoms with van der Waals surface area (Å²) in [5.74, 6) is -0.551. The van der Waals surface area contributed by atoms with Crippen molar-refractivity contribution in [3.63, 3.8) is 0 Å². The molecule has 1 unspecified atom stereocenters. The first kappa shape index (κ1) is 13.4. The van der Waals surface area contributed by atoms with Gasteiger partial charge in [0.1, 0.15) is 4.60 Å². The molecule has 1 atom stereocenters. The first-order valence-corrected chi connectivity index (χ1v) is 7.79. The van der Waals surface area contributed by atoms with Crippen molar-refractivity contribution in [2.45, 2.75) is 6.42 Å². The Morgan fingerprint density at radius 1 is 1.56 bits per heavy atom. The quantitative estimate of drug-likeness (QED) is 0.814. The number of carbonyl (C=O) groups excluding carboxylic acids is 1. The molecule has 0 radical (unpaired) electrons. The van der Waals surface area contributed by atoms with Crippen molar-refractivity contribution in [1.29, 1.82) is 0 Å². The number of carbonyl (C=O) groups is 1. The van der Waals surface area contributed by atoms with E-state index in [1.54, 1.807) is 18.3 Å². The molecule has 0 aliphatic carbocycles. The van der Waals surface area contributed by atoms with E-state index >= 15 is 0 Å². The Hall–Kier alpha value is -0.990. The molecule has 0 aromatic carbocycles. The number of sulfonamides is 1. The summed E-state index contributed by atoms with van der Waals surface area (Å²) in [6, 6.07) is 3.48. The third-order valence-electron chi connectivity index (χ3n) is 2.70. The number of rotatable bonds is 3. The highest BCUT2D eigenvalue weighted by molar-refractivity contribution is 9.10. The lowest BCUT2D eigenvalue weighted by Crippen LogP contribution is -2.27. The molecule has 1 aromatic rings. The third kappa shape index (κ3) is 3.06. The van der Waals surface area contributed by atoms with Crippen molar-refractivity contribution in [1.82, 2.24) is 4.98 Å². The maximum absolute atomic E-state index is 11.9. The lowest BCUT2D eigenvalue weighted by atomic mass is 10.1. The molecular formula is C10H12BrN3O3S. The number of pyridine rings is 1. The number of nitrogens with two attached hydrogens (primary N) is 1. The van der Waals surface area contributed by atoms with Gasteiger partial charge < -0.3 is 4.90 Å². The van der Waals surface area contributed by atoms with Crippen LogP contribution in [0.25, 0.3) is 0 Å². The van der Waals surface area contributed by atoms with Crippen LogP contribution in [-0.4, -0.2) is 31.6 Å². The van der Waals surface area contributed by atoms with Crippen LogP contribution < -0.4 is 10.0 Å². The van der Waals surface area contributed by atoms with Crippen molar-refractivity contribution >= 4 is 37.5 Å². The van der Waals surface area contributed by atoms with Gasteiger partial charge in [0.2, 0.25) is 15.9 Å². The van der Waals surface area contributed by atoms with Gasteiger partial charge in [-0.05, 0) is 28.1 Å². The number of halogens is 1.